The minimum Gasteiger partial charge on any atom is -0.504 e. The number of hydrogen-bond donors (Lipinski definition) is 2. The summed E-state index contributed by atoms with van der Waals surface area (Å²) in [5.41, 5.74) is 1.82. The van der Waals surface area contributed by atoms with Gasteiger partial charge in [-0.15, -0.1) is 0 Å². The Hall–Kier alpha value is -2.03. The molecule has 0 fully saturated rings. The van der Waals surface area contributed by atoms with E-state index in [2.05, 4.69) is 0 Å². The molecule has 2 aromatic carbocycles. The fourth-order valence-electron chi connectivity index (χ4n) is 1.71. The first kappa shape index (κ1) is 11.5. The van der Waals surface area contributed by atoms with Crippen LogP contribution in [-0.4, -0.2) is 10.2 Å². The van der Waals surface area contributed by atoms with Crippen molar-refractivity contribution in [2.24, 2.45) is 0 Å². The molecule has 88 valence electrons. The number of benzene rings is 2. The fraction of sp³-hybridized carbons (Fsp3) is 0.143. The molecule has 17 heavy (non-hydrogen) atoms. The molecule has 0 aliphatic rings. The Morgan fingerprint density at radius 1 is 0.824 bits per heavy atom. The second-order valence-corrected chi connectivity index (χ2v) is 3.95. The minimum atomic E-state index is -0.240. The van der Waals surface area contributed by atoms with Gasteiger partial charge in [0.1, 0.15) is 5.82 Å². The Bertz CT molecular complexity index is 523. The quantitative estimate of drug-likeness (QED) is 0.798. The van der Waals surface area contributed by atoms with Crippen molar-refractivity contribution < 1.29 is 14.6 Å². The average Bonchev–Trinajstić information content (AvgIpc) is 2.31. The summed E-state index contributed by atoms with van der Waals surface area (Å²) in [4.78, 5) is 0. The minimum absolute atomic E-state index is 0.123. The summed E-state index contributed by atoms with van der Waals surface area (Å²) in [5.74, 6) is -0.489. The lowest BCUT2D eigenvalue weighted by Gasteiger charge is -2.04. The van der Waals surface area contributed by atoms with Crippen molar-refractivity contribution in [3.8, 4) is 11.5 Å². The van der Waals surface area contributed by atoms with Crippen molar-refractivity contribution >= 4 is 0 Å². The van der Waals surface area contributed by atoms with Crippen molar-refractivity contribution in [1.29, 1.82) is 0 Å². The largest absolute Gasteiger partial charge is 0.504 e. The van der Waals surface area contributed by atoms with Crippen LogP contribution in [0.3, 0.4) is 0 Å². The molecule has 0 aromatic heterocycles. The average molecular weight is 232 g/mol. The van der Waals surface area contributed by atoms with Crippen LogP contribution in [0.2, 0.25) is 0 Å². The Balaban J connectivity index is 2.05. The van der Waals surface area contributed by atoms with Crippen LogP contribution in [0.1, 0.15) is 11.1 Å². The highest BCUT2D eigenvalue weighted by molar-refractivity contribution is 5.40. The summed E-state index contributed by atoms with van der Waals surface area (Å²) < 4.78 is 12.9. The number of aryl methyl sites for hydroxylation is 2. The first-order valence-electron chi connectivity index (χ1n) is 5.40. The third-order valence-electron chi connectivity index (χ3n) is 2.63. The summed E-state index contributed by atoms with van der Waals surface area (Å²) in [6.45, 7) is 0. The van der Waals surface area contributed by atoms with Gasteiger partial charge in [0.2, 0.25) is 0 Å². The highest BCUT2D eigenvalue weighted by atomic mass is 19.1. The number of halogens is 1. The van der Waals surface area contributed by atoms with Crippen LogP contribution in [-0.2, 0) is 12.8 Å². The van der Waals surface area contributed by atoms with Crippen LogP contribution in [0.5, 0.6) is 11.5 Å². The number of rotatable bonds is 3. The van der Waals surface area contributed by atoms with Crippen LogP contribution < -0.4 is 0 Å². The van der Waals surface area contributed by atoms with Crippen LogP contribution >= 0.6 is 0 Å². The maximum absolute atomic E-state index is 12.9. The molecule has 0 aliphatic carbocycles. The third-order valence-corrected chi connectivity index (χ3v) is 2.63. The smallest absolute Gasteiger partial charge is 0.157 e. The zero-order valence-corrected chi connectivity index (χ0v) is 9.23. The monoisotopic (exact) mass is 232 g/mol. The lowest BCUT2D eigenvalue weighted by atomic mass is 10.0. The van der Waals surface area contributed by atoms with Gasteiger partial charge in [-0.2, -0.15) is 0 Å². The number of hydrogen-bond acceptors (Lipinski definition) is 2. The van der Waals surface area contributed by atoms with E-state index in [-0.39, 0.29) is 17.3 Å². The van der Waals surface area contributed by atoms with Crippen molar-refractivity contribution in [1.82, 2.24) is 0 Å². The van der Waals surface area contributed by atoms with Gasteiger partial charge < -0.3 is 10.2 Å². The molecule has 2 rings (SSSR count). The van der Waals surface area contributed by atoms with Gasteiger partial charge in [-0.05, 0) is 48.2 Å². The summed E-state index contributed by atoms with van der Waals surface area (Å²) in [7, 11) is 0. The van der Waals surface area contributed by atoms with Gasteiger partial charge >= 0.3 is 0 Å². The Morgan fingerprint density at radius 3 is 2.18 bits per heavy atom. The van der Waals surface area contributed by atoms with Gasteiger partial charge in [-0.1, -0.05) is 18.2 Å². The maximum atomic E-state index is 12.9. The summed E-state index contributed by atoms with van der Waals surface area (Å²) in [5, 5.41) is 18.5. The van der Waals surface area contributed by atoms with E-state index in [0.717, 1.165) is 11.1 Å². The van der Waals surface area contributed by atoms with E-state index >= 15 is 0 Å². The molecular formula is C14H13FO2. The van der Waals surface area contributed by atoms with E-state index in [1.54, 1.807) is 12.1 Å². The first-order chi connectivity index (χ1) is 8.15. The van der Waals surface area contributed by atoms with Gasteiger partial charge in [-0.25, -0.2) is 4.39 Å². The van der Waals surface area contributed by atoms with E-state index in [4.69, 9.17) is 5.11 Å². The molecule has 0 saturated heterocycles. The van der Waals surface area contributed by atoms with E-state index < -0.39 is 0 Å². The fourth-order valence-corrected chi connectivity index (χ4v) is 1.71. The van der Waals surface area contributed by atoms with Crippen LogP contribution in [0.15, 0.2) is 42.5 Å². The maximum Gasteiger partial charge on any atom is 0.157 e. The van der Waals surface area contributed by atoms with Gasteiger partial charge in [0.15, 0.2) is 11.5 Å². The number of phenolic OH excluding ortho intramolecular Hbond substituents is 2. The van der Waals surface area contributed by atoms with Crippen LogP contribution in [0.4, 0.5) is 4.39 Å². The summed E-state index contributed by atoms with van der Waals surface area (Å²) in [6.07, 6.45) is 1.39. The standard InChI is InChI=1S/C14H13FO2/c15-12-3-1-2-10(8-12)4-5-11-6-7-13(16)14(17)9-11/h1-3,6-9,16-17H,4-5H2. The van der Waals surface area contributed by atoms with Gasteiger partial charge in [-0.3, -0.25) is 0 Å². The van der Waals surface area contributed by atoms with Crippen molar-refractivity contribution in [3.05, 3.63) is 59.4 Å². The Labute approximate surface area is 99.0 Å². The van der Waals surface area contributed by atoms with Crippen molar-refractivity contribution in [3.63, 3.8) is 0 Å². The zero-order chi connectivity index (χ0) is 12.3. The number of aromatic hydroxyl groups is 2. The van der Waals surface area contributed by atoms with E-state index in [1.165, 1.54) is 24.3 Å². The molecule has 0 spiro atoms. The molecule has 0 amide bonds. The topological polar surface area (TPSA) is 40.5 Å². The first-order valence-corrected chi connectivity index (χ1v) is 5.40. The third kappa shape index (κ3) is 2.97. The summed E-state index contributed by atoms with van der Waals surface area (Å²) >= 11 is 0. The second-order valence-electron chi connectivity index (χ2n) is 3.95. The highest BCUT2D eigenvalue weighted by Crippen LogP contribution is 2.25. The van der Waals surface area contributed by atoms with Crippen molar-refractivity contribution in [2.45, 2.75) is 12.8 Å². The highest BCUT2D eigenvalue weighted by Gasteiger charge is 2.01. The Kier molecular flexibility index (Phi) is 3.28. The molecule has 0 heterocycles. The molecule has 0 aliphatic heterocycles. The van der Waals surface area contributed by atoms with Gasteiger partial charge in [0, 0.05) is 0 Å². The predicted octanol–water partition coefficient (Wildman–Crippen LogP) is 3.02. The lowest BCUT2D eigenvalue weighted by molar-refractivity contribution is 0.403. The van der Waals surface area contributed by atoms with Gasteiger partial charge in [0.05, 0.1) is 0 Å². The molecule has 0 bridgehead atoms. The van der Waals surface area contributed by atoms with E-state index in [9.17, 15) is 9.50 Å². The molecule has 0 atom stereocenters. The molecule has 2 N–H and O–H groups in total. The van der Waals surface area contributed by atoms with Crippen molar-refractivity contribution in [2.75, 3.05) is 0 Å². The Morgan fingerprint density at radius 2 is 1.53 bits per heavy atom. The zero-order valence-electron chi connectivity index (χ0n) is 9.23. The SMILES string of the molecule is Oc1ccc(CCc2cccc(F)c2)cc1O. The molecule has 3 heteroatoms. The molecule has 2 aromatic rings. The number of phenols is 2. The molecular weight excluding hydrogens is 219 g/mol. The molecule has 0 radical (unpaired) electrons. The lowest BCUT2D eigenvalue weighted by Crippen LogP contribution is -1.91. The normalized spacial score (nSPS) is 10.4. The second kappa shape index (κ2) is 4.87. The van der Waals surface area contributed by atoms with E-state index in [0.29, 0.717) is 12.8 Å². The predicted molar refractivity (Wildman–Crippen MR) is 63.6 cm³/mol. The van der Waals surface area contributed by atoms with E-state index in [1.807, 2.05) is 6.07 Å². The molecule has 2 nitrogen and oxygen atoms in total. The van der Waals surface area contributed by atoms with Crippen LogP contribution in [0.25, 0.3) is 0 Å². The summed E-state index contributed by atoms with van der Waals surface area (Å²) in [6, 6.07) is 11.2. The molecule has 0 saturated carbocycles. The van der Waals surface area contributed by atoms with Crippen LogP contribution in [0, 0.1) is 5.82 Å². The molecule has 0 unspecified atom stereocenters. The van der Waals surface area contributed by atoms with Gasteiger partial charge in [0.25, 0.3) is 0 Å².